The topological polar surface area (TPSA) is 101 Å². The van der Waals surface area contributed by atoms with Crippen molar-refractivity contribution in [2.24, 2.45) is 0 Å². The molecule has 33 heavy (non-hydrogen) atoms. The second kappa shape index (κ2) is 9.35. The van der Waals surface area contributed by atoms with Gasteiger partial charge in [0.25, 0.3) is 0 Å². The largest absolute Gasteiger partial charge is 0.444 e. The number of aromatic nitrogens is 3. The van der Waals surface area contributed by atoms with E-state index in [9.17, 15) is 9.59 Å². The maximum atomic E-state index is 12.3. The molecule has 2 aromatic heterocycles. The SMILES string of the molecule is CC(C)(C)OC(=O)N1CC=C(c2nc(Nc3cncc(N4CCCC4=O)c3)ncc2Cl)CC1. The molecule has 4 heterocycles. The van der Waals surface area contributed by atoms with Crippen LogP contribution in [-0.2, 0) is 9.53 Å². The third-order valence-corrected chi connectivity index (χ3v) is 5.55. The molecule has 10 heteroatoms. The second-order valence-electron chi connectivity index (χ2n) is 9.00. The van der Waals surface area contributed by atoms with Gasteiger partial charge < -0.3 is 19.9 Å². The molecule has 0 aliphatic carbocycles. The lowest BCUT2D eigenvalue weighted by molar-refractivity contribution is -0.117. The Kier molecular flexibility index (Phi) is 6.51. The van der Waals surface area contributed by atoms with Crippen molar-refractivity contribution in [3.8, 4) is 0 Å². The van der Waals surface area contributed by atoms with E-state index in [1.54, 1.807) is 28.4 Å². The van der Waals surface area contributed by atoms with Gasteiger partial charge >= 0.3 is 6.09 Å². The van der Waals surface area contributed by atoms with Crippen LogP contribution in [0.3, 0.4) is 0 Å². The summed E-state index contributed by atoms with van der Waals surface area (Å²) in [5.74, 6) is 0.472. The Morgan fingerprint density at radius 1 is 1.18 bits per heavy atom. The van der Waals surface area contributed by atoms with Gasteiger partial charge in [-0.2, -0.15) is 0 Å². The number of rotatable bonds is 4. The zero-order valence-corrected chi connectivity index (χ0v) is 19.7. The van der Waals surface area contributed by atoms with Crippen molar-refractivity contribution in [2.75, 3.05) is 29.9 Å². The number of nitrogens with zero attached hydrogens (tertiary/aromatic N) is 5. The average Bonchev–Trinajstić information content (AvgIpc) is 3.20. The molecule has 1 saturated heterocycles. The number of carbonyl (C=O) groups is 2. The molecule has 9 nitrogen and oxygen atoms in total. The first-order valence-corrected chi connectivity index (χ1v) is 11.3. The van der Waals surface area contributed by atoms with Gasteiger partial charge in [0.2, 0.25) is 11.9 Å². The molecule has 0 spiro atoms. The monoisotopic (exact) mass is 470 g/mol. The van der Waals surface area contributed by atoms with Crippen LogP contribution in [0.1, 0.15) is 45.7 Å². The molecule has 0 saturated carbocycles. The predicted octanol–water partition coefficient (Wildman–Crippen LogP) is 4.42. The lowest BCUT2D eigenvalue weighted by atomic mass is 10.0. The molecular weight excluding hydrogens is 444 g/mol. The molecule has 1 N–H and O–H groups in total. The molecule has 2 aliphatic heterocycles. The van der Waals surface area contributed by atoms with Crippen LogP contribution in [0.25, 0.3) is 5.57 Å². The second-order valence-corrected chi connectivity index (χ2v) is 9.41. The third kappa shape index (κ3) is 5.60. The molecule has 0 aromatic carbocycles. The minimum Gasteiger partial charge on any atom is -0.444 e. The Hall–Kier alpha value is -3.20. The molecule has 2 amide bonds. The van der Waals surface area contributed by atoms with Crippen LogP contribution in [-0.4, -0.2) is 57.1 Å². The molecule has 2 aromatic rings. The van der Waals surface area contributed by atoms with Gasteiger partial charge in [-0.05, 0) is 45.3 Å². The van der Waals surface area contributed by atoms with Crippen LogP contribution in [0, 0.1) is 0 Å². The maximum Gasteiger partial charge on any atom is 0.410 e. The number of halogens is 1. The summed E-state index contributed by atoms with van der Waals surface area (Å²) in [6, 6.07) is 1.85. The molecule has 2 aliphatic rings. The summed E-state index contributed by atoms with van der Waals surface area (Å²) >= 11 is 6.39. The van der Waals surface area contributed by atoms with E-state index in [2.05, 4.69) is 20.3 Å². The van der Waals surface area contributed by atoms with Crippen LogP contribution in [0.15, 0.2) is 30.7 Å². The standard InChI is InChI=1S/C23H27ClN6O3/c1-23(2,3)33-22(32)29-9-6-15(7-10-29)20-18(24)14-26-21(28-20)27-16-11-17(13-25-12-16)30-8-4-5-19(30)31/h6,11-14H,4-5,7-10H2,1-3H3,(H,26,27,28). The summed E-state index contributed by atoms with van der Waals surface area (Å²) < 4.78 is 5.45. The molecule has 1 fully saturated rings. The Labute approximate surface area is 197 Å². The molecule has 4 rings (SSSR count). The first kappa shape index (κ1) is 23.0. The van der Waals surface area contributed by atoms with Crippen LogP contribution >= 0.6 is 11.6 Å². The average molecular weight is 471 g/mol. The summed E-state index contributed by atoms with van der Waals surface area (Å²) in [6.07, 6.45) is 8.48. The Morgan fingerprint density at radius 2 is 2.00 bits per heavy atom. The molecule has 0 unspecified atom stereocenters. The zero-order valence-electron chi connectivity index (χ0n) is 19.0. The highest BCUT2D eigenvalue weighted by molar-refractivity contribution is 6.32. The number of ether oxygens (including phenoxy) is 1. The van der Waals surface area contributed by atoms with Crippen LogP contribution in [0.5, 0.6) is 0 Å². The van der Waals surface area contributed by atoms with Crippen molar-refractivity contribution in [1.82, 2.24) is 19.9 Å². The Balaban J connectivity index is 1.48. The van der Waals surface area contributed by atoms with Crippen molar-refractivity contribution < 1.29 is 14.3 Å². The fourth-order valence-electron chi connectivity index (χ4n) is 3.72. The van der Waals surface area contributed by atoms with Crippen LogP contribution in [0.2, 0.25) is 5.02 Å². The van der Waals surface area contributed by atoms with Crippen molar-refractivity contribution in [3.63, 3.8) is 0 Å². The highest BCUT2D eigenvalue weighted by Crippen LogP contribution is 2.29. The van der Waals surface area contributed by atoms with Gasteiger partial charge in [0, 0.05) is 26.1 Å². The van der Waals surface area contributed by atoms with E-state index >= 15 is 0 Å². The van der Waals surface area contributed by atoms with Gasteiger partial charge in [-0.15, -0.1) is 0 Å². The van der Waals surface area contributed by atoms with Crippen LogP contribution in [0.4, 0.5) is 22.1 Å². The normalized spacial score (nSPS) is 16.6. The van der Waals surface area contributed by atoms with E-state index in [1.165, 1.54) is 0 Å². The summed E-state index contributed by atoms with van der Waals surface area (Å²) in [7, 11) is 0. The van der Waals surface area contributed by atoms with Crippen molar-refractivity contribution in [3.05, 3.63) is 41.4 Å². The van der Waals surface area contributed by atoms with Gasteiger partial charge in [-0.3, -0.25) is 9.78 Å². The first-order valence-electron chi connectivity index (χ1n) is 10.9. The number of hydrogen-bond donors (Lipinski definition) is 1. The van der Waals surface area contributed by atoms with Gasteiger partial charge in [-0.1, -0.05) is 17.7 Å². The summed E-state index contributed by atoms with van der Waals surface area (Å²) in [5, 5.41) is 3.59. The number of amides is 2. The predicted molar refractivity (Wildman–Crippen MR) is 127 cm³/mol. The molecule has 174 valence electrons. The number of anilines is 3. The van der Waals surface area contributed by atoms with Crippen LogP contribution < -0.4 is 10.2 Å². The minimum atomic E-state index is -0.536. The smallest absolute Gasteiger partial charge is 0.410 e. The van der Waals surface area contributed by atoms with Gasteiger partial charge in [-0.25, -0.2) is 14.8 Å². The lowest BCUT2D eigenvalue weighted by Gasteiger charge is -2.29. The summed E-state index contributed by atoms with van der Waals surface area (Å²) in [4.78, 5) is 40.8. The van der Waals surface area contributed by atoms with E-state index in [-0.39, 0.29) is 12.0 Å². The van der Waals surface area contributed by atoms with E-state index < -0.39 is 5.60 Å². The number of carbonyl (C=O) groups excluding carboxylic acids is 2. The molecular formula is C23H27ClN6O3. The third-order valence-electron chi connectivity index (χ3n) is 5.27. The highest BCUT2D eigenvalue weighted by atomic mass is 35.5. The lowest BCUT2D eigenvalue weighted by Crippen LogP contribution is -2.39. The van der Waals surface area contributed by atoms with Gasteiger partial charge in [0.05, 0.1) is 40.7 Å². The Morgan fingerprint density at radius 3 is 2.67 bits per heavy atom. The molecule has 0 bridgehead atoms. The summed E-state index contributed by atoms with van der Waals surface area (Å²) in [6.45, 7) is 7.17. The zero-order chi connectivity index (χ0) is 23.6. The first-order chi connectivity index (χ1) is 15.7. The fourth-order valence-corrected chi connectivity index (χ4v) is 3.94. The summed E-state index contributed by atoms with van der Waals surface area (Å²) in [5.41, 5.74) is 2.45. The van der Waals surface area contributed by atoms with E-state index in [1.807, 2.05) is 32.9 Å². The van der Waals surface area contributed by atoms with E-state index in [4.69, 9.17) is 16.3 Å². The van der Waals surface area contributed by atoms with Gasteiger partial charge in [0.1, 0.15) is 5.60 Å². The van der Waals surface area contributed by atoms with Crippen molar-refractivity contribution in [2.45, 2.75) is 45.6 Å². The maximum absolute atomic E-state index is 12.3. The van der Waals surface area contributed by atoms with E-state index in [0.717, 1.165) is 17.7 Å². The number of pyridine rings is 1. The van der Waals surface area contributed by atoms with Gasteiger partial charge in [0.15, 0.2) is 0 Å². The minimum absolute atomic E-state index is 0.101. The van der Waals surface area contributed by atoms with Crippen molar-refractivity contribution >= 4 is 46.5 Å². The quantitative estimate of drug-likeness (QED) is 0.705. The molecule has 0 atom stereocenters. The number of hydrogen-bond acceptors (Lipinski definition) is 7. The van der Waals surface area contributed by atoms with Crippen molar-refractivity contribution in [1.29, 1.82) is 0 Å². The fraction of sp³-hybridized carbons (Fsp3) is 0.435. The van der Waals surface area contributed by atoms with E-state index in [0.29, 0.717) is 54.8 Å². The Bertz CT molecular complexity index is 1100. The highest BCUT2D eigenvalue weighted by Gasteiger charge is 2.25. The number of nitrogens with one attached hydrogen (secondary N) is 1. The molecule has 0 radical (unpaired) electrons.